The van der Waals surface area contributed by atoms with Gasteiger partial charge in [0.1, 0.15) is 11.0 Å². The van der Waals surface area contributed by atoms with Crippen molar-refractivity contribution in [2.24, 2.45) is 0 Å². The molecule has 8 heteroatoms. The summed E-state index contributed by atoms with van der Waals surface area (Å²) in [6.45, 7) is 2.80. The van der Waals surface area contributed by atoms with Gasteiger partial charge in [-0.3, -0.25) is 10.1 Å². The van der Waals surface area contributed by atoms with Crippen molar-refractivity contribution in [1.82, 2.24) is 9.97 Å². The molecule has 1 aliphatic heterocycles. The highest BCUT2D eigenvalue weighted by Crippen LogP contribution is 2.25. The van der Waals surface area contributed by atoms with Gasteiger partial charge in [0, 0.05) is 37.4 Å². The van der Waals surface area contributed by atoms with Crippen molar-refractivity contribution in [2.75, 3.05) is 18.5 Å². The molecule has 7 nitrogen and oxygen atoms in total. The zero-order chi connectivity index (χ0) is 18.0. The summed E-state index contributed by atoms with van der Waals surface area (Å²) in [4.78, 5) is 21.1. The number of nitro benzene ring substituents is 1. The molecule has 25 heavy (non-hydrogen) atoms. The van der Waals surface area contributed by atoms with Gasteiger partial charge in [-0.25, -0.2) is 9.97 Å². The van der Waals surface area contributed by atoms with Crippen LogP contribution in [0.2, 0.25) is 5.15 Å². The van der Waals surface area contributed by atoms with Crippen LogP contribution in [0.15, 0.2) is 30.3 Å². The molecule has 2 heterocycles. The number of anilines is 1. The molecule has 0 spiro atoms. The number of hydrogen-bond acceptors (Lipinski definition) is 6. The lowest BCUT2D eigenvalue weighted by atomic mass is 10.2. The first-order valence-electron chi connectivity index (χ1n) is 8.08. The van der Waals surface area contributed by atoms with E-state index in [1.165, 1.54) is 12.1 Å². The molecule has 2 atom stereocenters. The van der Waals surface area contributed by atoms with E-state index in [1.807, 2.05) is 11.9 Å². The maximum Gasteiger partial charge on any atom is 0.269 e. The predicted octanol–water partition coefficient (Wildman–Crippen LogP) is 3.71. The molecule has 0 N–H and O–H groups in total. The summed E-state index contributed by atoms with van der Waals surface area (Å²) in [7, 11) is 1.94. The van der Waals surface area contributed by atoms with Crippen LogP contribution in [0, 0.1) is 10.1 Å². The molecule has 0 amide bonds. The molecule has 0 radical (unpaired) electrons. The fourth-order valence-electron chi connectivity index (χ4n) is 2.88. The van der Waals surface area contributed by atoms with E-state index in [9.17, 15) is 10.1 Å². The number of nitro groups is 1. The van der Waals surface area contributed by atoms with Crippen molar-refractivity contribution < 1.29 is 9.66 Å². The van der Waals surface area contributed by atoms with E-state index < -0.39 is 4.92 Å². The van der Waals surface area contributed by atoms with Crippen LogP contribution in [0.25, 0.3) is 11.4 Å². The molecule has 1 aromatic heterocycles. The van der Waals surface area contributed by atoms with Gasteiger partial charge in [0.25, 0.3) is 5.69 Å². The first-order chi connectivity index (χ1) is 11.9. The number of halogens is 1. The Morgan fingerprint density at radius 2 is 2.04 bits per heavy atom. The Hall–Kier alpha value is -2.25. The Balaban J connectivity index is 1.81. The number of benzene rings is 1. The number of non-ortho nitro benzene ring substituents is 1. The van der Waals surface area contributed by atoms with E-state index in [4.69, 9.17) is 16.3 Å². The molecule has 1 saturated heterocycles. The van der Waals surface area contributed by atoms with E-state index in [0.717, 1.165) is 19.4 Å². The van der Waals surface area contributed by atoms with Gasteiger partial charge < -0.3 is 9.64 Å². The molecular weight excluding hydrogens is 344 g/mol. The summed E-state index contributed by atoms with van der Waals surface area (Å²) < 4.78 is 5.85. The molecule has 1 unspecified atom stereocenters. The van der Waals surface area contributed by atoms with Crippen molar-refractivity contribution in [3.63, 3.8) is 0 Å². The van der Waals surface area contributed by atoms with Gasteiger partial charge in [0.15, 0.2) is 5.82 Å². The first kappa shape index (κ1) is 17.6. The second-order valence-electron chi connectivity index (χ2n) is 6.20. The standard InChI is InChI=1S/C17H19ClN4O3/c1-11-3-8-14(25-11)10-21(2)16-9-15(18)19-17(20-16)12-4-6-13(7-5-12)22(23)24/h4-7,9,11,14H,3,8,10H2,1-2H3/t11?,14-/m0/s1. The van der Waals surface area contributed by atoms with E-state index in [1.54, 1.807) is 18.2 Å². The SMILES string of the molecule is CC1CC[C@@H](CN(C)c2cc(Cl)nc(-c3ccc([N+](=O)[O-])cc3)n2)O1. The molecular formula is C17H19ClN4O3. The first-order valence-corrected chi connectivity index (χ1v) is 8.46. The van der Waals surface area contributed by atoms with Gasteiger partial charge >= 0.3 is 0 Å². The molecule has 1 fully saturated rings. The van der Waals surface area contributed by atoms with Crippen LogP contribution < -0.4 is 4.90 Å². The number of likely N-dealkylation sites (N-methyl/N-ethyl adjacent to an activating group) is 1. The zero-order valence-electron chi connectivity index (χ0n) is 14.1. The topological polar surface area (TPSA) is 81.4 Å². The summed E-state index contributed by atoms with van der Waals surface area (Å²) >= 11 is 6.15. The van der Waals surface area contributed by atoms with Crippen molar-refractivity contribution >= 4 is 23.1 Å². The van der Waals surface area contributed by atoms with Gasteiger partial charge in [-0.05, 0) is 31.9 Å². The molecule has 1 aromatic carbocycles. The summed E-state index contributed by atoms with van der Waals surface area (Å²) in [6, 6.07) is 7.80. The Morgan fingerprint density at radius 3 is 2.64 bits per heavy atom. The summed E-state index contributed by atoms with van der Waals surface area (Å²) in [5.41, 5.74) is 0.698. The number of rotatable bonds is 5. The number of hydrogen-bond donors (Lipinski definition) is 0. The minimum atomic E-state index is -0.440. The number of nitrogens with zero attached hydrogens (tertiary/aromatic N) is 4. The van der Waals surface area contributed by atoms with Crippen molar-refractivity contribution in [3.8, 4) is 11.4 Å². The molecule has 3 rings (SSSR count). The van der Waals surface area contributed by atoms with Gasteiger partial charge in [-0.1, -0.05) is 11.6 Å². The highest BCUT2D eigenvalue weighted by molar-refractivity contribution is 6.29. The lowest BCUT2D eigenvalue weighted by molar-refractivity contribution is -0.384. The second-order valence-corrected chi connectivity index (χ2v) is 6.59. The van der Waals surface area contributed by atoms with Crippen LogP contribution in [0.3, 0.4) is 0 Å². The fraction of sp³-hybridized carbons (Fsp3) is 0.412. The fourth-order valence-corrected chi connectivity index (χ4v) is 3.06. The Morgan fingerprint density at radius 1 is 1.32 bits per heavy atom. The average molecular weight is 363 g/mol. The molecule has 132 valence electrons. The smallest absolute Gasteiger partial charge is 0.269 e. The maximum atomic E-state index is 10.8. The number of ether oxygens (including phenoxy) is 1. The van der Waals surface area contributed by atoms with Gasteiger partial charge in [0.2, 0.25) is 0 Å². The van der Waals surface area contributed by atoms with Crippen molar-refractivity contribution in [3.05, 3.63) is 45.6 Å². The summed E-state index contributed by atoms with van der Waals surface area (Å²) in [5, 5.41) is 11.1. The minimum Gasteiger partial charge on any atom is -0.373 e. The quantitative estimate of drug-likeness (QED) is 0.458. The van der Waals surface area contributed by atoms with Gasteiger partial charge in [-0.15, -0.1) is 0 Å². The van der Waals surface area contributed by atoms with Crippen LogP contribution in [0.4, 0.5) is 11.5 Å². The Labute approximate surface area is 150 Å². The Bertz CT molecular complexity index is 769. The lowest BCUT2D eigenvalue weighted by Crippen LogP contribution is -2.29. The van der Waals surface area contributed by atoms with Gasteiger partial charge in [-0.2, -0.15) is 0 Å². The van der Waals surface area contributed by atoms with E-state index in [0.29, 0.717) is 28.5 Å². The second kappa shape index (κ2) is 7.33. The predicted molar refractivity (Wildman–Crippen MR) is 96.0 cm³/mol. The Kier molecular flexibility index (Phi) is 5.15. The van der Waals surface area contributed by atoms with E-state index in [2.05, 4.69) is 16.9 Å². The van der Waals surface area contributed by atoms with Crippen LogP contribution in [0.1, 0.15) is 19.8 Å². The minimum absolute atomic E-state index is 0.0237. The third-order valence-corrected chi connectivity index (χ3v) is 4.40. The molecule has 1 aliphatic rings. The van der Waals surface area contributed by atoms with Crippen LogP contribution in [0.5, 0.6) is 0 Å². The maximum absolute atomic E-state index is 10.8. The third kappa shape index (κ3) is 4.24. The van der Waals surface area contributed by atoms with Crippen LogP contribution >= 0.6 is 11.6 Å². The molecule has 0 aliphatic carbocycles. The summed E-state index contributed by atoms with van der Waals surface area (Å²) in [5.74, 6) is 1.13. The van der Waals surface area contributed by atoms with E-state index >= 15 is 0 Å². The molecule has 0 bridgehead atoms. The monoisotopic (exact) mass is 362 g/mol. The number of aromatic nitrogens is 2. The van der Waals surface area contributed by atoms with Crippen molar-refractivity contribution in [1.29, 1.82) is 0 Å². The molecule has 0 saturated carbocycles. The highest BCUT2D eigenvalue weighted by Gasteiger charge is 2.23. The zero-order valence-corrected chi connectivity index (χ0v) is 14.8. The highest BCUT2D eigenvalue weighted by atomic mass is 35.5. The van der Waals surface area contributed by atoms with Gasteiger partial charge in [0.05, 0.1) is 17.1 Å². The lowest BCUT2D eigenvalue weighted by Gasteiger charge is -2.22. The van der Waals surface area contributed by atoms with Crippen molar-refractivity contribution in [2.45, 2.75) is 32.0 Å². The van der Waals surface area contributed by atoms with Crippen LogP contribution in [-0.2, 0) is 4.74 Å². The summed E-state index contributed by atoms with van der Waals surface area (Å²) in [6.07, 6.45) is 2.57. The largest absolute Gasteiger partial charge is 0.373 e. The third-order valence-electron chi connectivity index (χ3n) is 4.21. The normalized spacial score (nSPS) is 19.8. The molecule has 2 aromatic rings. The van der Waals surface area contributed by atoms with E-state index in [-0.39, 0.29) is 11.8 Å². The van der Waals surface area contributed by atoms with Crippen LogP contribution in [-0.4, -0.2) is 40.7 Å². The average Bonchev–Trinajstić information content (AvgIpc) is 2.99.